The maximum absolute atomic E-state index is 5.62. The van der Waals surface area contributed by atoms with Gasteiger partial charge in [0.1, 0.15) is 0 Å². The van der Waals surface area contributed by atoms with Gasteiger partial charge in [-0.1, -0.05) is 25.1 Å². The molecule has 1 aliphatic rings. The molecule has 2 atom stereocenters. The van der Waals surface area contributed by atoms with Gasteiger partial charge in [0.25, 0.3) is 0 Å². The van der Waals surface area contributed by atoms with Gasteiger partial charge in [0.2, 0.25) is 0 Å². The van der Waals surface area contributed by atoms with Crippen molar-refractivity contribution in [3.05, 3.63) is 0 Å². The van der Waals surface area contributed by atoms with Crippen LogP contribution >= 0.6 is 12.2 Å². The minimum atomic E-state index is 0.434. The lowest BCUT2D eigenvalue weighted by atomic mass is 9.84. The van der Waals surface area contributed by atoms with Crippen molar-refractivity contribution in [2.24, 2.45) is 11.7 Å². The van der Waals surface area contributed by atoms with Crippen LogP contribution in [-0.2, 0) is 0 Å². The second-order valence-corrected chi connectivity index (χ2v) is 3.66. The first-order valence-corrected chi connectivity index (χ1v) is 4.63. The van der Waals surface area contributed by atoms with Gasteiger partial charge in [0.05, 0.1) is 4.99 Å². The fourth-order valence-corrected chi connectivity index (χ4v) is 2.10. The van der Waals surface area contributed by atoms with Gasteiger partial charge >= 0.3 is 0 Å². The highest BCUT2D eigenvalue weighted by molar-refractivity contribution is 7.80. The number of rotatable bonds is 2. The van der Waals surface area contributed by atoms with Gasteiger partial charge in [-0.2, -0.15) is 0 Å². The summed E-state index contributed by atoms with van der Waals surface area (Å²) in [5, 5.41) is 3.27. The third-order valence-electron chi connectivity index (χ3n) is 2.50. The van der Waals surface area contributed by atoms with E-state index in [1.165, 1.54) is 25.7 Å². The highest BCUT2D eigenvalue weighted by Gasteiger charge is 2.25. The zero-order chi connectivity index (χ0) is 8.27. The molecule has 0 unspecified atom stereocenters. The third-order valence-corrected chi connectivity index (χ3v) is 2.80. The zero-order valence-corrected chi connectivity index (χ0v) is 7.79. The predicted octanol–water partition coefficient (Wildman–Crippen LogP) is 1.05. The van der Waals surface area contributed by atoms with Crippen molar-refractivity contribution in [2.75, 3.05) is 7.05 Å². The van der Waals surface area contributed by atoms with Crippen LogP contribution in [-0.4, -0.2) is 18.1 Å². The molecular weight excluding hydrogens is 156 g/mol. The van der Waals surface area contributed by atoms with E-state index in [0.29, 0.717) is 16.9 Å². The summed E-state index contributed by atoms with van der Waals surface area (Å²) in [6.07, 6.45) is 4.98. The first kappa shape index (κ1) is 8.94. The Morgan fingerprint density at radius 2 is 2.09 bits per heavy atom. The molecule has 1 fully saturated rings. The number of thiocarbonyl (C=S) groups is 1. The van der Waals surface area contributed by atoms with E-state index in [4.69, 9.17) is 18.0 Å². The highest BCUT2D eigenvalue weighted by Crippen LogP contribution is 2.24. The number of hydrogen-bond acceptors (Lipinski definition) is 2. The van der Waals surface area contributed by atoms with Crippen LogP contribution in [0.3, 0.4) is 0 Å². The van der Waals surface area contributed by atoms with Crippen LogP contribution < -0.4 is 11.1 Å². The Hall–Kier alpha value is -0.150. The predicted molar refractivity (Wildman–Crippen MR) is 51.6 cm³/mol. The molecule has 0 aliphatic heterocycles. The van der Waals surface area contributed by atoms with Crippen LogP contribution in [0.5, 0.6) is 0 Å². The van der Waals surface area contributed by atoms with Crippen LogP contribution in [0.25, 0.3) is 0 Å². The second-order valence-electron chi connectivity index (χ2n) is 3.19. The molecule has 0 aromatic rings. The van der Waals surface area contributed by atoms with Crippen LogP contribution in [0.4, 0.5) is 0 Å². The Labute approximate surface area is 73.5 Å². The summed E-state index contributed by atoms with van der Waals surface area (Å²) in [4.78, 5) is 0.684. The van der Waals surface area contributed by atoms with E-state index in [1.54, 1.807) is 0 Å². The van der Waals surface area contributed by atoms with Crippen LogP contribution in [0.1, 0.15) is 25.7 Å². The Kier molecular flexibility index (Phi) is 3.27. The molecule has 0 amide bonds. The summed E-state index contributed by atoms with van der Waals surface area (Å²) in [5.41, 5.74) is 5.62. The van der Waals surface area contributed by atoms with Gasteiger partial charge in [-0.15, -0.1) is 0 Å². The quantitative estimate of drug-likeness (QED) is 0.611. The first-order chi connectivity index (χ1) is 5.25. The molecule has 0 aromatic carbocycles. The lowest BCUT2D eigenvalue weighted by Gasteiger charge is -2.30. The fraction of sp³-hybridized carbons (Fsp3) is 0.875. The molecule has 1 aliphatic carbocycles. The number of hydrogen-bond donors (Lipinski definition) is 2. The molecule has 0 radical (unpaired) electrons. The van der Waals surface area contributed by atoms with E-state index in [-0.39, 0.29) is 0 Å². The summed E-state index contributed by atoms with van der Waals surface area (Å²) in [6.45, 7) is 0. The molecule has 3 N–H and O–H groups in total. The molecule has 1 saturated carbocycles. The van der Waals surface area contributed by atoms with Crippen molar-refractivity contribution in [3.63, 3.8) is 0 Å². The average molecular weight is 172 g/mol. The van der Waals surface area contributed by atoms with Gasteiger partial charge in [-0.25, -0.2) is 0 Å². The van der Waals surface area contributed by atoms with Crippen LogP contribution in [0, 0.1) is 5.92 Å². The molecule has 2 nitrogen and oxygen atoms in total. The van der Waals surface area contributed by atoms with Crippen molar-refractivity contribution in [3.8, 4) is 0 Å². The Balaban J connectivity index is 2.51. The maximum Gasteiger partial charge on any atom is 0.0774 e. The average Bonchev–Trinajstić information content (AvgIpc) is 2.04. The van der Waals surface area contributed by atoms with Gasteiger partial charge in [-0.05, 0) is 19.9 Å². The van der Waals surface area contributed by atoms with Crippen LogP contribution in [0.15, 0.2) is 0 Å². The van der Waals surface area contributed by atoms with Gasteiger partial charge in [0.15, 0.2) is 0 Å². The summed E-state index contributed by atoms with van der Waals surface area (Å²) < 4.78 is 0. The van der Waals surface area contributed by atoms with E-state index in [0.717, 1.165) is 0 Å². The summed E-state index contributed by atoms with van der Waals surface area (Å²) in [5.74, 6) is 0.434. The van der Waals surface area contributed by atoms with Gasteiger partial charge < -0.3 is 11.1 Å². The molecular formula is C8H16N2S. The van der Waals surface area contributed by atoms with E-state index in [2.05, 4.69) is 5.32 Å². The van der Waals surface area contributed by atoms with E-state index < -0.39 is 0 Å². The highest BCUT2D eigenvalue weighted by atomic mass is 32.1. The van der Waals surface area contributed by atoms with Crippen molar-refractivity contribution < 1.29 is 0 Å². The zero-order valence-electron chi connectivity index (χ0n) is 6.97. The van der Waals surface area contributed by atoms with E-state index >= 15 is 0 Å². The maximum atomic E-state index is 5.62. The molecule has 0 saturated heterocycles. The monoisotopic (exact) mass is 172 g/mol. The SMILES string of the molecule is CN[C@H]1CCCC[C@H]1C(N)=S. The van der Waals surface area contributed by atoms with Crippen molar-refractivity contribution in [2.45, 2.75) is 31.7 Å². The lowest BCUT2D eigenvalue weighted by Crippen LogP contribution is -2.42. The molecule has 1 rings (SSSR count). The minimum absolute atomic E-state index is 0.434. The third kappa shape index (κ3) is 2.14. The molecule has 0 heterocycles. The molecule has 0 aromatic heterocycles. The van der Waals surface area contributed by atoms with Crippen molar-refractivity contribution >= 4 is 17.2 Å². The number of nitrogens with two attached hydrogens (primary N) is 1. The second kappa shape index (κ2) is 4.02. The summed E-state index contributed by atoms with van der Waals surface area (Å²) in [6, 6.07) is 0.529. The van der Waals surface area contributed by atoms with Crippen molar-refractivity contribution in [1.82, 2.24) is 5.32 Å². The van der Waals surface area contributed by atoms with Crippen molar-refractivity contribution in [1.29, 1.82) is 0 Å². The van der Waals surface area contributed by atoms with Gasteiger partial charge in [0, 0.05) is 12.0 Å². The molecule has 11 heavy (non-hydrogen) atoms. The van der Waals surface area contributed by atoms with E-state index in [9.17, 15) is 0 Å². The molecule has 3 heteroatoms. The topological polar surface area (TPSA) is 38.0 Å². The van der Waals surface area contributed by atoms with Gasteiger partial charge in [-0.3, -0.25) is 0 Å². The molecule has 0 bridgehead atoms. The Bertz CT molecular complexity index is 147. The lowest BCUT2D eigenvalue weighted by molar-refractivity contribution is 0.340. The van der Waals surface area contributed by atoms with Crippen LogP contribution in [0.2, 0.25) is 0 Å². The molecule has 0 spiro atoms. The largest absolute Gasteiger partial charge is 0.393 e. The Morgan fingerprint density at radius 3 is 2.55 bits per heavy atom. The smallest absolute Gasteiger partial charge is 0.0774 e. The minimum Gasteiger partial charge on any atom is -0.393 e. The fourth-order valence-electron chi connectivity index (χ4n) is 1.82. The summed E-state index contributed by atoms with van der Waals surface area (Å²) in [7, 11) is 1.99. The standard InChI is InChI=1S/C8H16N2S/c1-10-7-5-3-2-4-6(7)8(9)11/h6-7,10H,2-5H2,1H3,(H2,9,11)/t6-,7+/m1/s1. The van der Waals surface area contributed by atoms with E-state index in [1.807, 2.05) is 7.05 Å². The Morgan fingerprint density at radius 1 is 1.45 bits per heavy atom. The normalized spacial score (nSPS) is 31.7. The summed E-state index contributed by atoms with van der Waals surface area (Å²) >= 11 is 5.00. The molecule has 64 valence electrons. The first-order valence-electron chi connectivity index (χ1n) is 4.22. The number of nitrogens with one attached hydrogen (secondary N) is 1.